The number of primary sulfonamides is 1. The van der Waals surface area contributed by atoms with E-state index in [2.05, 4.69) is 25.6 Å². The number of nitrogens with two attached hydrogens (primary N) is 1. The molecule has 2 aliphatic carbocycles. The third kappa shape index (κ3) is 9.57. The fourth-order valence-electron chi connectivity index (χ4n) is 8.67. The first kappa shape index (κ1) is 48.5. The average molecular weight is 986 g/mol. The van der Waals surface area contributed by atoms with Gasteiger partial charge in [-0.2, -0.15) is 26.0 Å². The molecule has 2 aliphatic heterocycles. The summed E-state index contributed by atoms with van der Waals surface area (Å²) >= 11 is 0. The van der Waals surface area contributed by atoms with Gasteiger partial charge in [0.05, 0.1) is 34.5 Å². The maximum Gasteiger partial charge on any atom is 0.272 e. The molecule has 4 amide bonds. The van der Waals surface area contributed by atoms with Gasteiger partial charge < -0.3 is 20.4 Å². The van der Waals surface area contributed by atoms with E-state index in [9.17, 15) is 41.3 Å². The van der Waals surface area contributed by atoms with Crippen LogP contribution in [-0.4, -0.2) is 105 Å². The monoisotopic (exact) mass is 985 g/mol. The largest absolute Gasteiger partial charge is 0.347 e. The summed E-state index contributed by atoms with van der Waals surface area (Å²) in [7, 11) is -4.46. The molecular formula is C47H47N13O8S2. The molecule has 70 heavy (non-hydrogen) atoms. The van der Waals surface area contributed by atoms with Crippen molar-refractivity contribution in [3.05, 3.63) is 135 Å². The van der Waals surface area contributed by atoms with Gasteiger partial charge in [-0.1, -0.05) is 36.4 Å². The maximum absolute atomic E-state index is 13.5. The molecule has 21 nitrogen and oxygen atoms in total. The molecular weight excluding hydrogens is 939 g/mol. The zero-order valence-electron chi connectivity index (χ0n) is 38.1. The third-order valence-electron chi connectivity index (χ3n) is 13.1. The van der Waals surface area contributed by atoms with E-state index in [1.165, 1.54) is 31.3 Å². The molecule has 4 heterocycles. The van der Waals surface area contributed by atoms with E-state index in [-0.39, 0.29) is 72.9 Å². The number of para-hydroxylation sites is 1. The van der Waals surface area contributed by atoms with Crippen molar-refractivity contribution in [3.63, 3.8) is 0 Å². The standard InChI is InChI=1S/C27H25N7O4S.C20H22N6O4S/c1-33-24-21(23(31-33)25(35)30-16-19-8-6-18(14-28)7-9-19)10-13-34(26(24)36)17-27(11-12-27)39(37,38)32-22-5-3-2-4-20(22)15-29;1-25-17-15(6-9-26(19(17)28)12-20(7-8-20)31(22,29)30)16(24-25)18(27)23-11-14-4-2-13(10-21)3-5-14/h2-9,32H,10-13,16-17H2,1H3,(H,30,35);2-5H,6-9,11-12H2,1H3,(H,23,27)(H2,22,29,30). The fourth-order valence-corrected chi connectivity index (χ4v) is 11.3. The van der Waals surface area contributed by atoms with E-state index in [0.717, 1.165) is 11.1 Å². The van der Waals surface area contributed by atoms with Gasteiger partial charge in [-0.15, -0.1) is 0 Å². The minimum atomic E-state index is -3.89. The molecule has 2 saturated carbocycles. The molecule has 5 N–H and O–H groups in total. The molecule has 23 heteroatoms. The number of sulfonamides is 2. The number of aromatic nitrogens is 4. The average Bonchev–Trinajstić information content (AvgIpc) is 4.26. The number of nitrogens with zero attached hydrogens (tertiary/aromatic N) is 9. The molecule has 0 bridgehead atoms. The fraction of sp³-hybridized carbons (Fsp3) is 0.340. The van der Waals surface area contributed by atoms with Crippen LogP contribution in [0.15, 0.2) is 72.8 Å². The van der Waals surface area contributed by atoms with Crippen LogP contribution in [0.5, 0.6) is 0 Å². The second kappa shape index (κ2) is 18.9. The number of nitrogens with one attached hydrogen (secondary N) is 3. The van der Waals surface area contributed by atoms with Crippen molar-refractivity contribution < 1.29 is 36.0 Å². The molecule has 0 atom stereocenters. The summed E-state index contributed by atoms with van der Waals surface area (Å²) in [6.07, 6.45) is 2.42. The van der Waals surface area contributed by atoms with Gasteiger partial charge in [0, 0.05) is 64.5 Å². The molecule has 5 aromatic rings. The minimum absolute atomic E-state index is 0.000724. The molecule has 4 aliphatic rings. The highest BCUT2D eigenvalue weighted by molar-refractivity contribution is 7.94. The molecule has 2 aromatic heterocycles. The van der Waals surface area contributed by atoms with Gasteiger partial charge in [0.25, 0.3) is 23.6 Å². The van der Waals surface area contributed by atoms with Gasteiger partial charge in [0.2, 0.25) is 20.0 Å². The van der Waals surface area contributed by atoms with Gasteiger partial charge in [-0.05, 0) is 86.1 Å². The van der Waals surface area contributed by atoms with Crippen molar-refractivity contribution in [2.45, 2.75) is 61.1 Å². The number of carbonyl (C=O) groups is 4. The molecule has 9 rings (SSSR count). The Kier molecular flexibility index (Phi) is 13.1. The van der Waals surface area contributed by atoms with Gasteiger partial charge >= 0.3 is 0 Å². The summed E-state index contributed by atoms with van der Waals surface area (Å²) in [4.78, 5) is 55.1. The van der Waals surface area contributed by atoms with Crippen molar-refractivity contribution in [1.82, 2.24) is 40.0 Å². The first-order valence-corrected chi connectivity index (χ1v) is 25.1. The Morgan fingerprint density at radius 1 is 0.657 bits per heavy atom. The number of amides is 4. The normalized spacial score (nSPS) is 16.2. The molecule has 0 spiro atoms. The third-order valence-corrected chi connectivity index (χ3v) is 17.0. The van der Waals surface area contributed by atoms with Crippen molar-refractivity contribution in [2.75, 3.05) is 30.9 Å². The van der Waals surface area contributed by atoms with Crippen LogP contribution in [0.25, 0.3) is 0 Å². The number of rotatable bonds is 14. The first-order chi connectivity index (χ1) is 33.3. The minimum Gasteiger partial charge on any atom is -0.347 e. The lowest BCUT2D eigenvalue weighted by atomic mass is 10.0. The highest BCUT2D eigenvalue weighted by Crippen LogP contribution is 2.46. The molecule has 0 saturated heterocycles. The summed E-state index contributed by atoms with van der Waals surface area (Å²) in [6, 6.07) is 26.1. The maximum atomic E-state index is 13.5. The lowest BCUT2D eigenvalue weighted by Gasteiger charge is -2.31. The van der Waals surface area contributed by atoms with Gasteiger partial charge in [-0.25, -0.2) is 22.0 Å². The quantitative estimate of drug-likeness (QED) is 0.124. The van der Waals surface area contributed by atoms with Gasteiger partial charge in [0.1, 0.15) is 27.0 Å². The highest BCUT2D eigenvalue weighted by Gasteiger charge is 2.57. The number of nitriles is 3. The molecule has 0 unspecified atom stereocenters. The Hall–Kier alpha value is -7.91. The van der Waals surface area contributed by atoms with Crippen LogP contribution in [-0.2, 0) is 60.1 Å². The van der Waals surface area contributed by atoms with Crippen molar-refractivity contribution >= 4 is 49.4 Å². The molecule has 0 radical (unpaired) electrons. The van der Waals surface area contributed by atoms with E-state index in [1.54, 1.807) is 74.8 Å². The summed E-state index contributed by atoms with van der Waals surface area (Å²) < 4.78 is 53.5. The van der Waals surface area contributed by atoms with Crippen LogP contribution >= 0.6 is 0 Å². The predicted molar refractivity (Wildman–Crippen MR) is 251 cm³/mol. The number of anilines is 1. The number of fused-ring (bicyclic) bond motifs is 2. The highest BCUT2D eigenvalue weighted by atomic mass is 32.2. The Morgan fingerprint density at radius 2 is 1.09 bits per heavy atom. The van der Waals surface area contributed by atoms with Crippen molar-refractivity contribution in [2.24, 2.45) is 19.2 Å². The van der Waals surface area contributed by atoms with Crippen LogP contribution in [0.1, 0.15) is 107 Å². The zero-order valence-corrected chi connectivity index (χ0v) is 39.7. The second-order valence-electron chi connectivity index (χ2n) is 17.7. The predicted octanol–water partition coefficient (Wildman–Crippen LogP) is 2.11. The second-order valence-corrected chi connectivity index (χ2v) is 21.7. The lowest BCUT2D eigenvalue weighted by molar-refractivity contribution is 0.0716. The van der Waals surface area contributed by atoms with E-state index in [0.29, 0.717) is 73.0 Å². The number of hydrogen-bond acceptors (Lipinski definition) is 13. The van der Waals surface area contributed by atoms with Crippen molar-refractivity contribution in [1.29, 1.82) is 15.8 Å². The molecule has 2 fully saturated rings. The Labute approximate surface area is 403 Å². The van der Waals surface area contributed by atoms with E-state index < -0.39 is 41.4 Å². The van der Waals surface area contributed by atoms with Crippen LogP contribution in [0.4, 0.5) is 5.69 Å². The van der Waals surface area contributed by atoms with Gasteiger partial charge in [-0.3, -0.25) is 33.3 Å². The first-order valence-electron chi connectivity index (χ1n) is 22.1. The van der Waals surface area contributed by atoms with E-state index in [1.807, 2.05) is 18.2 Å². The van der Waals surface area contributed by atoms with Crippen LogP contribution < -0.4 is 20.5 Å². The molecule has 360 valence electrons. The summed E-state index contributed by atoms with van der Waals surface area (Å²) in [6.45, 7) is 1.09. The SMILES string of the molecule is Cn1nc(C(=O)NCc2ccc(C#N)cc2)c2c1C(=O)N(CC1(S(=O)(=O)Nc3ccccc3C#N)CC1)CC2.Cn1nc(C(=O)NCc2ccc(C#N)cc2)c2c1C(=O)N(CC1(S(N)(=O)=O)CC1)CC2. The van der Waals surface area contributed by atoms with E-state index in [4.69, 9.17) is 15.7 Å². The van der Waals surface area contributed by atoms with Crippen LogP contribution in [0, 0.1) is 34.0 Å². The Morgan fingerprint density at radius 3 is 1.49 bits per heavy atom. The topological polar surface area (TPSA) is 312 Å². The Bertz CT molecular complexity index is 3300. The number of carbonyl (C=O) groups excluding carboxylic acids is 4. The number of hydrogen-bond donors (Lipinski definition) is 4. The van der Waals surface area contributed by atoms with E-state index >= 15 is 0 Å². The smallest absolute Gasteiger partial charge is 0.272 e. The summed E-state index contributed by atoms with van der Waals surface area (Å²) in [5.41, 5.74) is 5.13. The van der Waals surface area contributed by atoms with Crippen molar-refractivity contribution in [3.8, 4) is 18.2 Å². The van der Waals surface area contributed by atoms with Crippen LogP contribution in [0.3, 0.4) is 0 Å². The van der Waals surface area contributed by atoms with Gasteiger partial charge in [0.15, 0.2) is 11.4 Å². The Balaban J connectivity index is 0.000000193. The van der Waals surface area contributed by atoms with Crippen LogP contribution in [0.2, 0.25) is 0 Å². The number of aryl methyl sites for hydroxylation is 2. The summed E-state index contributed by atoms with van der Waals surface area (Å²) in [5.74, 6) is -1.54. The lowest BCUT2D eigenvalue weighted by Crippen LogP contribution is -2.47. The number of benzene rings is 3. The molecule has 3 aromatic carbocycles. The zero-order chi connectivity index (χ0) is 50.2. The summed E-state index contributed by atoms with van der Waals surface area (Å²) in [5, 5.41) is 46.6.